The van der Waals surface area contributed by atoms with Crippen LogP contribution in [-0.4, -0.2) is 18.2 Å². The molecule has 0 radical (unpaired) electrons. The second-order valence-corrected chi connectivity index (χ2v) is 7.77. The Morgan fingerprint density at radius 3 is 1.63 bits per heavy atom. The lowest BCUT2D eigenvalue weighted by Crippen LogP contribution is -2.34. The number of rotatable bonds is 9. The number of ketones is 1. The van der Waals surface area contributed by atoms with Crippen molar-refractivity contribution in [3.05, 3.63) is 71.8 Å². The van der Waals surface area contributed by atoms with Crippen LogP contribution in [0.4, 0.5) is 0 Å². The fourth-order valence-corrected chi connectivity index (χ4v) is 3.68. The molecule has 0 aromatic heterocycles. The topological polar surface area (TPSA) is 46.2 Å². The molecule has 0 aliphatic carbocycles. The van der Waals surface area contributed by atoms with Gasteiger partial charge < -0.3 is 5.32 Å². The molecule has 0 unspecified atom stereocenters. The van der Waals surface area contributed by atoms with Gasteiger partial charge in [-0.1, -0.05) is 88.4 Å². The van der Waals surface area contributed by atoms with Crippen molar-refractivity contribution < 1.29 is 9.59 Å². The number of Topliss-reactive ketones (excluding diaryl/α,β-unsaturated/α-hetero) is 1. The van der Waals surface area contributed by atoms with E-state index in [1.807, 2.05) is 74.5 Å². The van der Waals surface area contributed by atoms with E-state index >= 15 is 0 Å². The second kappa shape index (κ2) is 10.1. The first kappa shape index (κ1) is 20.9. The molecule has 1 amide bonds. The first-order chi connectivity index (χ1) is 12.9. The maximum absolute atomic E-state index is 12.8. The number of amides is 1. The minimum atomic E-state index is -0.198. The van der Waals surface area contributed by atoms with Gasteiger partial charge in [0.25, 0.3) is 0 Å². The van der Waals surface area contributed by atoms with Gasteiger partial charge in [-0.25, -0.2) is 0 Å². The van der Waals surface area contributed by atoms with Crippen molar-refractivity contribution >= 4 is 11.7 Å². The van der Waals surface area contributed by atoms with E-state index in [9.17, 15) is 9.59 Å². The third-order valence-corrected chi connectivity index (χ3v) is 4.95. The summed E-state index contributed by atoms with van der Waals surface area (Å²) < 4.78 is 0. The number of benzene rings is 2. The van der Waals surface area contributed by atoms with E-state index in [0.29, 0.717) is 13.0 Å². The van der Waals surface area contributed by atoms with Crippen molar-refractivity contribution in [1.82, 2.24) is 5.32 Å². The Kier molecular flexibility index (Phi) is 7.78. The zero-order chi connectivity index (χ0) is 19.8. The molecule has 2 rings (SSSR count). The van der Waals surface area contributed by atoms with Crippen molar-refractivity contribution in [2.45, 2.75) is 46.0 Å². The van der Waals surface area contributed by atoms with Crippen molar-refractivity contribution in [2.75, 3.05) is 6.54 Å². The summed E-state index contributed by atoms with van der Waals surface area (Å²) in [7, 11) is 0. The molecule has 0 saturated carbocycles. The molecule has 2 aromatic rings. The van der Waals surface area contributed by atoms with Gasteiger partial charge in [-0.05, 0) is 23.0 Å². The monoisotopic (exact) mass is 365 g/mol. The van der Waals surface area contributed by atoms with E-state index in [0.717, 1.165) is 11.1 Å². The van der Waals surface area contributed by atoms with Crippen molar-refractivity contribution in [3.8, 4) is 0 Å². The Bertz CT molecular complexity index is 659. The van der Waals surface area contributed by atoms with Crippen molar-refractivity contribution in [2.24, 2.45) is 11.8 Å². The summed E-state index contributed by atoms with van der Waals surface area (Å²) in [6.07, 6.45) is 0.350. The van der Waals surface area contributed by atoms with Crippen LogP contribution < -0.4 is 5.32 Å². The maximum atomic E-state index is 12.8. The summed E-state index contributed by atoms with van der Waals surface area (Å²) in [6, 6.07) is 19.7. The van der Waals surface area contributed by atoms with Crippen LogP contribution >= 0.6 is 0 Å². The highest BCUT2D eigenvalue weighted by Crippen LogP contribution is 2.27. The van der Waals surface area contributed by atoms with Gasteiger partial charge in [-0.15, -0.1) is 0 Å². The van der Waals surface area contributed by atoms with Gasteiger partial charge in [-0.3, -0.25) is 9.59 Å². The lowest BCUT2D eigenvalue weighted by atomic mass is 9.84. The maximum Gasteiger partial charge on any atom is 0.227 e. The van der Waals surface area contributed by atoms with Gasteiger partial charge in [0, 0.05) is 18.9 Å². The van der Waals surface area contributed by atoms with Crippen LogP contribution in [0.3, 0.4) is 0 Å². The predicted octanol–water partition coefficient (Wildman–Crippen LogP) is 4.94. The summed E-state index contributed by atoms with van der Waals surface area (Å²) >= 11 is 0. The highest BCUT2D eigenvalue weighted by molar-refractivity contribution is 5.87. The molecule has 144 valence electrons. The quantitative estimate of drug-likeness (QED) is 0.684. The van der Waals surface area contributed by atoms with Gasteiger partial charge in [0.2, 0.25) is 5.91 Å². The summed E-state index contributed by atoms with van der Waals surface area (Å²) in [5.41, 5.74) is 2.06. The van der Waals surface area contributed by atoms with Gasteiger partial charge in [0.1, 0.15) is 5.78 Å². The number of hydrogen-bond acceptors (Lipinski definition) is 2. The van der Waals surface area contributed by atoms with Crippen LogP contribution in [0.2, 0.25) is 0 Å². The van der Waals surface area contributed by atoms with Crippen LogP contribution in [0.5, 0.6) is 0 Å². The van der Waals surface area contributed by atoms with Crippen molar-refractivity contribution in [3.63, 3.8) is 0 Å². The van der Waals surface area contributed by atoms with Gasteiger partial charge in [-0.2, -0.15) is 0 Å². The van der Waals surface area contributed by atoms with Crippen LogP contribution in [-0.2, 0) is 9.59 Å². The summed E-state index contributed by atoms with van der Waals surface area (Å²) in [5, 5.41) is 2.98. The zero-order valence-corrected chi connectivity index (χ0v) is 16.8. The summed E-state index contributed by atoms with van der Waals surface area (Å²) in [6.45, 7) is 8.61. The smallest absolute Gasteiger partial charge is 0.227 e. The fourth-order valence-electron chi connectivity index (χ4n) is 3.68. The van der Waals surface area contributed by atoms with E-state index < -0.39 is 0 Å². The standard InChI is InChI=1S/C24H31NO2/c1-17(2)22(19-11-7-5-8-12-19)21(26)15-16-25-24(27)23(18(3)4)20-13-9-6-10-14-20/h5-14,17-18,22-23H,15-16H2,1-4H3,(H,25,27)/t22-,23+/m0/s1. The number of carbonyl (C=O) groups is 2. The Hall–Kier alpha value is -2.42. The van der Waals surface area contributed by atoms with E-state index in [-0.39, 0.29) is 35.4 Å². The number of hydrogen-bond donors (Lipinski definition) is 1. The molecular formula is C24H31NO2. The van der Waals surface area contributed by atoms with Crippen LogP contribution in [0.25, 0.3) is 0 Å². The molecule has 27 heavy (non-hydrogen) atoms. The molecule has 1 N–H and O–H groups in total. The predicted molar refractivity (Wildman–Crippen MR) is 111 cm³/mol. The molecule has 0 aliphatic rings. The molecule has 0 bridgehead atoms. The van der Waals surface area contributed by atoms with Gasteiger partial charge in [0.05, 0.1) is 5.92 Å². The molecular weight excluding hydrogens is 334 g/mol. The SMILES string of the molecule is CC(C)[C@H](C(=O)CCNC(=O)[C@@H](c1ccccc1)C(C)C)c1ccccc1. The van der Waals surface area contributed by atoms with E-state index in [1.54, 1.807) is 0 Å². The third-order valence-electron chi connectivity index (χ3n) is 4.95. The highest BCUT2D eigenvalue weighted by atomic mass is 16.2. The lowest BCUT2D eigenvalue weighted by molar-refractivity contribution is -0.124. The molecule has 3 heteroatoms. The number of carbonyl (C=O) groups excluding carboxylic acids is 2. The highest BCUT2D eigenvalue weighted by Gasteiger charge is 2.26. The molecule has 0 fully saturated rings. The average molecular weight is 366 g/mol. The fraction of sp³-hybridized carbons (Fsp3) is 0.417. The van der Waals surface area contributed by atoms with Crippen LogP contribution in [0.1, 0.15) is 57.1 Å². The molecule has 2 aromatic carbocycles. The lowest BCUT2D eigenvalue weighted by Gasteiger charge is -2.22. The van der Waals surface area contributed by atoms with Crippen LogP contribution in [0, 0.1) is 11.8 Å². The Morgan fingerprint density at radius 2 is 1.19 bits per heavy atom. The third kappa shape index (κ3) is 5.78. The van der Waals surface area contributed by atoms with Crippen molar-refractivity contribution in [1.29, 1.82) is 0 Å². The first-order valence-corrected chi connectivity index (χ1v) is 9.82. The Labute approximate surface area is 163 Å². The minimum absolute atomic E-state index is 0.00944. The van der Waals surface area contributed by atoms with E-state index in [2.05, 4.69) is 19.2 Å². The normalized spacial score (nSPS) is 13.4. The Morgan fingerprint density at radius 1 is 0.741 bits per heavy atom. The summed E-state index contributed by atoms with van der Waals surface area (Å²) in [5.74, 6) is 0.260. The Balaban J connectivity index is 1.97. The van der Waals surface area contributed by atoms with E-state index in [1.165, 1.54) is 0 Å². The summed E-state index contributed by atoms with van der Waals surface area (Å²) in [4.78, 5) is 25.5. The van der Waals surface area contributed by atoms with Crippen LogP contribution in [0.15, 0.2) is 60.7 Å². The van der Waals surface area contributed by atoms with Gasteiger partial charge >= 0.3 is 0 Å². The largest absolute Gasteiger partial charge is 0.355 e. The molecule has 0 aliphatic heterocycles. The molecule has 2 atom stereocenters. The zero-order valence-electron chi connectivity index (χ0n) is 16.8. The first-order valence-electron chi connectivity index (χ1n) is 9.82. The van der Waals surface area contributed by atoms with Gasteiger partial charge in [0.15, 0.2) is 0 Å². The molecule has 0 heterocycles. The second-order valence-electron chi connectivity index (χ2n) is 7.77. The molecule has 0 spiro atoms. The number of nitrogens with one attached hydrogen (secondary N) is 1. The average Bonchev–Trinajstić information content (AvgIpc) is 2.63. The van der Waals surface area contributed by atoms with E-state index in [4.69, 9.17) is 0 Å². The minimum Gasteiger partial charge on any atom is -0.355 e. The molecule has 0 saturated heterocycles. The molecule has 3 nitrogen and oxygen atoms in total.